The smallest absolute Gasteiger partial charge is 0.262 e. The second-order valence-corrected chi connectivity index (χ2v) is 9.90. The molecule has 0 saturated heterocycles. The topological polar surface area (TPSA) is 66.6 Å². The fourth-order valence-electron chi connectivity index (χ4n) is 5.91. The van der Waals surface area contributed by atoms with Gasteiger partial charge in [-0.2, -0.15) is 0 Å². The maximum absolute atomic E-state index is 13.8. The van der Waals surface area contributed by atoms with E-state index in [0.29, 0.717) is 23.7 Å². The molecule has 2 aliphatic rings. The second-order valence-electron chi connectivity index (χ2n) is 9.90. The van der Waals surface area contributed by atoms with Crippen molar-refractivity contribution in [3.8, 4) is 11.5 Å². The zero-order chi connectivity index (χ0) is 26.0. The summed E-state index contributed by atoms with van der Waals surface area (Å²) in [7, 11) is 1.59. The van der Waals surface area contributed by atoms with Crippen LogP contribution in [0.15, 0.2) is 72.9 Å². The molecule has 3 heterocycles. The number of amides is 1. The maximum Gasteiger partial charge on any atom is 0.262 e. The Bertz CT molecular complexity index is 1790. The van der Waals surface area contributed by atoms with E-state index in [-0.39, 0.29) is 12.1 Å². The lowest BCUT2D eigenvalue weighted by atomic mass is 9.87. The zero-order valence-electron chi connectivity index (χ0n) is 21.5. The van der Waals surface area contributed by atoms with Gasteiger partial charge < -0.3 is 19.8 Å². The highest BCUT2D eigenvalue weighted by Crippen LogP contribution is 2.46. The van der Waals surface area contributed by atoms with Crippen molar-refractivity contribution in [1.82, 2.24) is 9.88 Å². The van der Waals surface area contributed by atoms with Crippen LogP contribution < -0.4 is 14.8 Å². The van der Waals surface area contributed by atoms with E-state index in [0.717, 1.165) is 39.0 Å². The van der Waals surface area contributed by atoms with Crippen molar-refractivity contribution in [2.75, 3.05) is 12.4 Å². The quantitative estimate of drug-likeness (QED) is 0.276. The van der Waals surface area contributed by atoms with E-state index in [4.69, 9.17) is 9.47 Å². The van der Waals surface area contributed by atoms with Crippen molar-refractivity contribution < 1.29 is 14.3 Å². The Kier molecular flexibility index (Phi) is 4.98. The second kappa shape index (κ2) is 8.42. The van der Waals surface area contributed by atoms with Gasteiger partial charge in [-0.1, -0.05) is 48.5 Å². The highest BCUT2D eigenvalue weighted by molar-refractivity contribution is 6.12. The molecule has 2 N–H and O–H groups in total. The molecule has 0 bridgehead atoms. The van der Waals surface area contributed by atoms with E-state index in [2.05, 4.69) is 48.4 Å². The van der Waals surface area contributed by atoms with E-state index in [1.54, 1.807) is 18.1 Å². The fourth-order valence-corrected chi connectivity index (χ4v) is 5.91. The molecule has 0 fully saturated rings. The summed E-state index contributed by atoms with van der Waals surface area (Å²) in [6.07, 6.45) is 3.61. The molecule has 0 spiro atoms. The lowest BCUT2D eigenvalue weighted by molar-refractivity contribution is 0.0769. The number of para-hydroxylation sites is 1. The Morgan fingerprint density at radius 1 is 0.947 bits per heavy atom. The minimum absolute atomic E-state index is 0.0744. The Morgan fingerprint density at radius 3 is 2.55 bits per heavy atom. The number of benzene rings is 4. The van der Waals surface area contributed by atoms with Gasteiger partial charge in [0.25, 0.3) is 5.91 Å². The highest BCUT2D eigenvalue weighted by atomic mass is 16.5. The van der Waals surface area contributed by atoms with Gasteiger partial charge in [-0.25, -0.2) is 0 Å². The first-order valence-electron chi connectivity index (χ1n) is 12.7. The first-order valence-corrected chi connectivity index (χ1v) is 12.7. The molecule has 5 aromatic rings. The molecule has 0 radical (unpaired) electrons. The van der Waals surface area contributed by atoms with Gasteiger partial charge in [0, 0.05) is 34.1 Å². The van der Waals surface area contributed by atoms with E-state index in [1.165, 1.54) is 16.3 Å². The Hall–Kier alpha value is -4.71. The van der Waals surface area contributed by atoms with E-state index in [1.807, 2.05) is 48.7 Å². The maximum atomic E-state index is 13.8. The summed E-state index contributed by atoms with van der Waals surface area (Å²) in [6.45, 7) is 4.71. The molecule has 0 saturated carbocycles. The SMILES string of the molecule is COc1cc2c(cc1OCc1ccccc1)NC1c3c(c(C)c4[nH]c5ccccc5c4c3C)C=CN1C2=O. The molecule has 2 aliphatic heterocycles. The lowest BCUT2D eigenvalue weighted by Gasteiger charge is -2.40. The minimum Gasteiger partial charge on any atom is -0.493 e. The summed E-state index contributed by atoms with van der Waals surface area (Å²) in [5.74, 6) is 1.05. The number of hydrogen-bond donors (Lipinski definition) is 2. The van der Waals surface area contributed by atoms with Gasteiger partial charge in [0.2, 0.25) is 0 Å². The monoisotopic (exact) mass is 501 g/mol. The molecule has 7 rings (SSSR count). The summed E-state index contributed by atoms with van der Waals surface area (Å²) in [5, 5.41) is 6.05. The molecular formula is C32H27N3O3. The first kappa shape index (κ1) is 22.5. The summed E-state index contributed by atoms with van der Waals surface area (Å²) in [4.78, 5) is 19.2. The number of nitrogens with zero attached hydrogens (tertiary/aromatic N) is 1. The van der Waals surface area contributed by atoms with Crippen molar-refractivity contribution >= 4 is 39.5 Å². The van der Waals surface area contributed by atoms with Crippen LogP contribution in [0, 0.1) is 13.8 Å². The predicted octanol–water partition coefficient (Wildman–Crippen LogP) is 7.08. The normalized spacial score (nSPS) is 15.7. The zero-order valence-corrected chi connectivity index (χ0v) is 21.5. The number of anilines is 1. The van der Waals surface area contributed by atoms with Crippen LogP contribution in [0.1, 0.15) is 44.3 Å². The van der Waals surface area contributed by atoms with E-state index < -0.39 is 0 Å². The average Bonchev–Trinajstić information content (AvgIpc) is 3.35. The molecule has 1 amide bonds. The van der Waals surface area contributed by atoms with Crippen LogP contribution in [0.3, 0.4) is 0 Å². The molecule has 188 valence electrons. The number of carbonyl (C=O) groups is 1. The number of aryl methyl sites for hydroxylation is 2. The number of carbonyl (C=O) groups excluding carboxylic acids is 1. The average molecular weight is 502 g/mol. The molecule has 6 nitrogen and oxygen atoms in total. The summed E-state index contributed by atoms with van der Waals surface area (Å²) >= 11 is 0. The van der Waals surface area contributed by atoms with Gasteiger partial charge in [0.1, 0.15) is 12.8 Å². The molecule has 1 unspecified atom stereocenters. The largest absolute Gasteiger partial charge is 0.493 e. The molecular weight excluding hydrogens is 474 g/mol. The van der Waals surface area contributed by atoms with Gasteiger partial charge in [-0.05, 0) is 54.3 Å². The van der Waals surface area contributed by atoms with Crippen molar-refractivity contribution in [3.63, 3.8) is 0 Å². The number of H-pyrrole nitrogens is 1. The summed E-state index contributed by atoms with van der Waals surface area (Å²) in [6, 6.07) is 22.0. The van der Waals surface area contributed by atoms with Gasteiger partial charge in [-0.3, -0.25) is 9.69 Å². The van der Waals surface area contributed by atoms with Gasteiger partial charge in [0.15, 0.2) is 11.5 Å². The van der Waals surface area contributed by atoms with Crippen molar-refractivity contribution in [2.45, 2.75) is 26.6 Å². The third-order valence-electron chi connectivity index (χ3n) is 7.81. The number of aromatic amines is 1. The van der Waals surface area contributed by atoms with E-state index >= 15 is 0 Å². The summed E-state index contributed by atoms with van der Waals surface area (Å²) < 4.78 is 11.8. The molecule has 6 heteroatoms. The lowest BCUT2D eigenvalue weighted by Crippen LogP contribution is -2.41. The molecule has 0 aliphatic carbocycles. The Morgan fingerprint density at radius 2 is 1.74 bits per heavy atom. The first-order chi connectivity index (χ1) is 18.5. The molecule has 38 heavy (non-hydrogen) atoms. The number of aromatic nitrogens is 1. The number of ether oxygens (including phenoxy) is 2. The number of rotatable bonds is 4. The van der Waals surface area contributed by atoms with Crippen LogP contribution in [0.5, 0.6) is 11.5 Å². The van der Waals surface area contributed by atoms with Crippen LogP contribution in [-0.2, 0) is 6.61 Å². The van der Waals surface area contributed by atoms with E-state index in [9.17, 15) is 4.79 Å². The third kappa shape index (κ3) is 3.23. The Labute approximate surface area is 220 Å². The predicted molar refractivity (Wildman–Crippen MR) is 151 cm³/mol. The minimum atomic E-state index is -0.331. The number of fused-ring (bicyclic) bond motifs is 7. The van der Waals surface area contributed by atoms with Crippen LogP contribution in [0.2, 0.25) is 0 Å². The molecule has 4 aromatic carbocycles. The van der Waals surface area contributed by atoms with Crippen LogP contribution in [-0.4, -0.2) is 22.9 Å². The van der Waals surface area contributed by atoms with Crippen molar-refractivity contribution in [2.24, 2.45) is 0 Å². The van der Waals surface area contributed by atoms with Crippen LogP contribution >= 0.6 is 0 Å². The molecule has 1 atom stereocenters. The number of nitrogens with one attached hydrogen (secondary N) is 2. The Balaban J connectivity index is 1.34. The van der Waals surface area contributed by atoms with Gasteiger partial charge >= 0.3 is 0 Å². The summed E-state index contributed by atoms with van der Waals surface area (Å²) in [5.41, 5.74) is 9.20. The third-order valence-corrected chi connectivity index (χ3v) is 7.81. The molecule has 1 aromatic heterocycles. The van der Waals surface area contributed by atoms with Crippen molar-refractivity contribution in [1.29, 1.82) is 0 Å². The standard InChI is InChI=1S/C32H27N3O3/c1-18-21-13-14-35-31(29(21)19(2)28-22-11-7-8-12-24(22)33-30(18)28)34-25-16-27(26(37-3)15-23(25)32(35)36)38-17-20-9-5-4-6-10-20/h4-16,31,33-34H,17H2,1-3H3. The fraction of sp³-hybridized carbons (Fsp3) is 0.156. The van der Waals surface area contributed by atoms with Gasteiger partial charge in [0.05, 0.1) is 23.9 Å². The number of methoxy groups -OCH3 is 1. The highest BCUT2D eigenvalue weighted by Gasteiger charge is 2.38. The van der Waals surface area contributed by atoms with Crippen LogP contribution in [0.4, 0.5) is 5.69 Å². The van der Waals surface area contributed by atoms with Crippen LogP contribution in [0.25, 0.3) is 27.9 Å². The van der Waals surface area contributed by atoms with Crippen molar-refractivity contribution in [3.05, 3.63) is 106 Å². The van der Waals surface area contributed by atoms with Gasteiger partial charge in [-0.15, -0.1) is 0 Å². The number of hydrogen-bond acceptors (Lipinski definition) is 4.